The second kappa shape index (κ2) is 9.32. The Kier molecular flexibility index (Phi) is 5.92. The monoisotopic (exact) mass is 468 g/mol. The highest BCUT2D eigenvalue weighted by molar-refractivity contribution is 8.00. The van der Waals surface area contributed by atoms with Crippen molar-refractivity contribution in [2.75, 3.05) is 16.4 Å². The molecule has 0 saturated carbocycles. The number of aromatic nitrogens is 4. The number of nitrogens with one attached hydrogen (secondary N) is 2. The number of amides is 2. The van der Waals surface area contributed by atoms with Crippen LogP contribution in [-0.2, 0) is 9.59 Å². The van der Waals surface area contributed by atoms with Crippen molar-refractivity contribution < 1.29 is 9.59 Å². The molecule has 2 heterocycles. The molecule has 5 rings (SSSR count). The first-order chi connectivity index (χ1) is 16.6. The van der Waals surface area contributed by atoms with Gasteiger partial charge in [0.1, 0.15) is 5.03 Å². The molecule has 0 atom stereocenters. The maximum Gasteiger partial charge on any atom is 0.234 e. The fourth-order valence-corrected chi connectivity index (χ4v) is 4.36. The number of hydrogen-bond donors (Lipinski definition) is 2. The van der Waals surface area contributed by atoms with Gasteiger partial charge >= 0.3 is 0 Å². The lowest BCUT2D eigenvalue weighted by molar-refractivity contribution is -0.114. The van der Waals surface area contributed by atoms with E-state index in [4.69, 9.17) is 4.98 Å². The Morgan fingerprint density at radius 3 is 2.26 bits per heavy atom. The lowest BCUT2D eigenvalue weighted by atomic mass is 10.2. The number of hydrogen-bond acceptors (Lipinski definition) is 6. The summed E-state index contributed by atoms with van der Waals surface area (Å²) in [6.45, 7) is 1.45. The normalized spacial score (nSPS) is 11.0. The number of para-hydroxylation sites is 2. The standard InChI is InChI=1S/C25H20N6O2S/c1-16(32)26-18-11-13-19(14-12-18)27-22(33)15-34-25-24-30-29-23(17-7-3-2-4-8-17)31(24)21-10-6-5-9-20(21)28-25/h2-14H,15H2,1H3,(H,26,32)(H,27,33). The summed E-state index contributed by atoms with van der Waals surface area (Å²) < 4.78 is 1.98. The van der Waals surface area contributed by atoms with Gasteiger partial charge in [-0.2, -0.15) is 0 Å². The van der Waals surface area contributed by atoms with Crippen molar-refractivity contribution in [3.8, 4) is 11.4 Å². The van der Waals surface area contributed by atoms with Crippen LogP contribution in [0.25, 0.3) is 28.1 Å². The number of nitrogens with zero attached hydrogens (tertiary/aromatic N) is 4. The minimum Gasteiger partial charge on any atom is -0.326 e. The Morgan fingerprint density at radius 2 is 1.53 bits per heavy atom. The first kappa shape index (κ1) is 21.6. The first-order valence-electron chi connectivity index (χ1n) is 10.6. The Hall–Kier alpha value is -4.24. The molecule has 0 fully saturated rings. The van der Waals surface area contributed by atoms with Crippen molar-refractivity contribution in [3.63, 3.8) is 0 Å². The fraction of sp³-hybridized carbons (Fsp3) is 0.0800. The lowest BCUT2D eigenvalue weighted by Crippen LogP contribution is -2.14. The van der Waals surface area contributed by atoms with Crippen LogP contribution in [-0.4, -0.2) is 37.1 Å². The Balaban J connectivity index is 1.40. The number of benzene rings is 3. The highest BCUT2D eigenvalue weighted by Gasteiger charge is 2.17. The van der Waals surface area contributed by atoms with Gasteiger partial charge in [-0.1, -0.05) is 54.2 Å². The van der Waals surface area contributed by atoms with E-state index in [2.05, 4.69) is 20.8 Å². The third-order valence-corrected chi connectivity index (χ3v) is 6.01. The molecule has 0 aliphatic rings. The minimum absolute atomic E-state index is 0.147. The zero-order valence-electron chi connectivity index (χ0n) is 18.2. The topological polar surface area (TPSA) is 101 Å². The van der Waals surface area contributed by atoms with Crippen LogP contribution in [0.2, 0.25) is 0 Å². The van der Waals surface area contributed by atoms with Crippen molar-refractivity contribution in [2.24, 2.45) is 0 Å². The minimum atomic E-state index is -0.173. The molecule has 0 aliphatic heterocycles. The summed E-state index contributed by atoms with van der Waals surface area (Å²) in [5.74, 6) is 0.557. The molecule has 2 N–H and O–H groups in total. The summed E-state index contributed by atoms with van der Waals surface area (Å²) in [5, 5.41) is 15.0. The molecule has 168 valence electrons. The molecule has 0 bridgehead atoms. The molecule has 0 spiro atoms. The van der Waals surface area contributed by atoms with Crippen LogP contribution in [0.1, 0.15) is 6.92 Å². The zero-order chi connectivity index (χ0) is 23.5. The Bertz CT molecular complexity index is 1500. The number of carbonyl (C=O) groups is 2. The van der Waals surface area contributed by atoms with Gasteiger partial charge in [-0.3, -0.25) is 14.0 Å². The number of carbonyl (C=O) groups excluding carboxylic acids is 2. The van der Waals surface area contributed by atoms with Crippen molar-refractivity contribution in [2.45, 2.75) is 11.9 Å². The average molecular weight is 469 g/mol. The van der Waals surface area contributed by atoms with Gasteiger partial charge < -0.3 is 10.6 Å². The van der Waals surface area contributed by atoms with Crippen LogP contribution >= 0.6 is 11.8 Å². The highest BCUT2D eigenvalue weighted by atomic mass is 32.2. The van der Waals surface area contributed by atoms with Gasteiger partial charge in [0.05, 0.1) is 16.8 Å². The quantitative estimate of drug-likeness (QED) is 0.352. The van der Waals surface area contributed by atoms with E-state index >= 15 is 0 Å². The van der Waals surface area contributed by atoms with Crippen LogP contribution in [0.4, 0.5) is 11.4 Å². The van der Waals surface area contributed by atoms with Gasteiger partial charge in [0.15, 0.2) is 11.5 Å². The number of rotatable bonds is 6. The third kappa shape index (κ3) is 4.46. The molecule has 9 heteroatoms. The summed E-state index contributed by atoms with van der Waals surface area (Å²) in [6.07, 6.45) is 0. The molecule has 0 aliphatic carbocycles. The Morgan fingerprint density at radius 1 is 0.853 bits per heavy atom. The van der Waals surface area contributed by atoms with Crippen molar-refractivity contribution in [1.82, 2.24) is 19.6 Å². The van der Waals surface area contributed by atoms with E-state index in [1.807, 2.05) is 59.0 Å². The summed E-state index contributed by atoms with van der Waals surface area (Å²) in [4.78, 5) is 28.5. The van der Waals surface area contributed by atoms with E-state index in [-0.39, 0.29) is 17.6 Å². The SMILES string of the molecule is CC(=O)Nc1ccc(NC(=O)CSc2nc3ccccc3n3c(-c4ccccc4)nnc23)cc1. The molecule has 0 saturated heterocycles. The fourth-order valence-electron chi connectivity index (χ4n) is 3.60. The highest BCUT2D eigenvalue weighted by Crippen LogP contribution is 2.29. The van der Waals surface area contributed by atoms with Gasteiger partial charge in [-0.25, -0.2) is 4.98 Å². The molecule has 0 unspecified atom stereocenters. The summed E-state index contributed by atoms with van der Waals surface area (Å²) in [5.41, 5.74) is 4.56. The predicted molar refractivity (Wildman–Crippen MR) is 134 cm³/mol. The van der Waals surface area contributed by atoms with Crippen LogP contribution in [0.5, 0.6) is 0 Å². The smallest absolute Gasteiger partial charge is 0.234 e. The molecule has 0 radical (unpaired) electrons. The van der Waals surface area contributed by atoms with Crippen LogP contribution in [0.3, 0.4) is 0 Å². The van der Waals surface area contributed by atoms with E-state index in [0.717, 1.165) is 22.4 Å². The largest absolute Gasteiger partial charge is 0.326 e. The second-order valence-corrected chi connectivity index (χ2v) is 8.51. The van der Waals surface area contributed by atoms with Crippen molar-refractivity contribution in [3.05, 3.63) is 78.9 Å². The van der Waals surface area contributed by atoms with E-state index < -0.39 is 0 Å². The zero-order valence-corrected chi connectivity index (χ0v) is 19.0. The van der Waals surface area contributed by atoms with Gasteiger partial charge in [0.25, 0.3) is 0 Å². The predicted octanol–water partition coefficient (Wildman–Crippen LogP) is 4.63. The molecule has 8 nitrogen and oxygen atoms in total. The van der Waals surface area contributed by atoms with E-state index in [0.29, 0.717) is 22.0 Å². The Labute approximate surface area is 199 Å². The lowest BCUT2D eigenvalue weighted by Gasteiger charge is -2.09. The molecular formula is C25H20N6O2S. The number of fused-ring (bicyclic) bond motifs is 3. The van der Waals surface area contributed by atoms with Crippen molar-refractivity contribution in [1.29, 1.82) is 0 Å². The van der Waals surface area contributed by atoms with E-state index in [9.17, 15) is 9.59 Å². The molecule has 34 heavy (non-hydrogen) atoms. The van der Waals surface area contributed by atoms with Crippen LogP contribution < -0.4 is 10.6 Å². The maximum atomic E-state index is 12.6. The van der Waals surface area contributed by atoms with Gasteiger partial charge in [0, 0.05) is 23.9 Å². The molecule has 5 aromatic rings. The van der Waals surface area contributed by atoms with E-state index in [1.165, 1.54) is 18.7 Å². The summed E-state index contributed by atoms with van der Waals surface area (Å²) in [7, 11) is 0. The van der Waals surface area contributed by atoms with Gasteiger partial charge in [-0.05, 0) is 36.4 Å². The maximum absolute atomic E-state index is 12.6. The molecule has 2 aromatic heterocycles. The number of anilines is 2. The summed E-state index contributed by atoms with van der Waals surface area (Å²) >= 11 is 1.31. The van der Waals surface area contributed by atoms with Gasteiger partial charge in [-0.15, -0.1) is 10.2 Å². The number of thioether (sulfide) groups is 1. The van der Waals surface area contributed by atoms with E-state index in [1.54, 1.807) is 24.3 Å². The van der Waals surface area contributed by atoms with Crippen molar-refractivity contribution >= 4 is 51.6 Å². The average Bonchev–Trinajstić information content (AvgIpc) is 3.30. The molecular weight excluding hydrogens is 448 g/mol. The van der Waals surface area contributed by atoms with Crippen LogP contribution in [0, 0.1) is 0 Å². The first-order valence-corrected chi connectivity index (χ1v) is 11.6. The van der Waals surface area contributed by atoms with Gasteiger partial charge in [0.2, 0.25) is 11.8 Å². The molecule has 3 aromatic carbocycles. The molecule has 2 amide bonds. The third-order valence-electron chi connectivity index (χ3n) is 5.06. The second-order valence-electron chi connectivity index (χ2n) is 7.55. The summed E-state index contributed by atoms with van der Waals surface area (Å²) in [6, 6.07) is 24.6. The van der Waals surface area contributed by atoms with Crippen LogP contribution in [0.15, 0.2) is 83.9 Å².